The van der Waals surface area contributed by atoms with E-state index in [0.29, 0.717) is 29.7 Å². The molecule has 4 heterocycles. The number of aromatic nitrogens is 3. The monoisotopic (exact) mass is 472 g/mol. The predicted octanol–water partition coefficient (Wildman–Crippen LogP) is 2.97. The summed E-state index contributed by atoms with van der Waals surface area (Å²) < 4.78 is 0. The van der Waals surface area contributed by atoms with Gasteiger partial charge in [0, 0.05) is 68.0 Å². The lowest BCUT2D eigenvalue weighted by atomic mass is 10.1. The van der Waals surface area contributed by atoms with Gasteiger partial charge in [0.2, 0.25) is 0 Å². The van der Waals surface area contributed by atoms with Gasteiger partial charge in [-0.1, -0.05) is 30.3 Å². The van der Waals surface area contributed by atoms with Gasteiger partial charge in [-0.3, -0.25) is 14.5 Å². The van der Waals surface area contributed by atoms with E-state index in [2.05, 4.69) is 19.9 Å². The average Bonchev–Trinajstić information content (AvgIpc) is 3.53. The van der Waals surface area contributed by atoms with E-state index in [0.717, 1.165) is 48.6 Å². The summed E-state index contributed by atoms with van der Waals surface area (Å²) >= 11 is 1.38. The average molecular weight is 473 g/mol. The van der Waals surface area contributed by atoms with Gasteiger partial charge in [0.1, 0.15) is 5.82 Å². The van der Waals surface area contributed by atoms with Crippen LogP contribution in [-0.2, 0) is 0 Å². The number of rotatable bonds is 4. The van der Waals surface area contributed by atoms with Crippen molar-refractivity contribution in [2.24, 2.45) is 0 Å². The fourth-order valence-electron chi connectivity index (χ4n) is 4.66. The smallest absolute Gasteiger partial charge is 0.282 e. The number of nitrogens with one attached hydrogen (secondary N) is 1. The molecule has 0 unspecified atom stereocenters. The van der Waals surface area contributed by atoms with Crippen molar-refractivity contribution >= 4 is 34.2 Å². The zero-order valence-corrected chi connectivity index (χ0v) is 19.4. The lowest BCUT2D eigenvalue weighted by Crippen LogP contribution is -2.64. The summed E-state index contributed by atoms with van der Waals surface area (Å²) in [5, 5.41) is 2.38. The normalized spacial score (nSPS) is 17.2. The van der Waals surface area contributed by atoms with E-state index >= 15 is 0 Å². The molecule has 2 aromatic carbocycles. The Labute approximate surface area is 200 Å². The number of carbonyl (C=O) groups excluding carboxylic acids is 2. The molecular weight excluding hydrogens is 448 g/mol. The first kappa shape index (κ1) is 21.0. The van der Waals surface area contributed by atoms with Crippen LogP contribution in [0.5, 0.6) is 0 Å². The largest absolute Gasteiger partial charge is 0.338 e. The first-order chi connectivity index (χ1) is 16.7. The van der Waals surface area contributed by atoms with Crippen LogP contribution in [0.2, 0.25) is 0 Å². The number of nitrogens with zero attached hydrogens (tertiary/aromatic N) is 5. The molecule has 2 aromatic heterocycles. The van der Waals surface area contributed by atoms with Gasteiger partial charge in [-0.15, -0.1) is 11.3 Å². The van der Waals surface area contributed by atoms with E-state index in [-0.39, 0.29) is 11.8 Å². The Balaban J connectivity index is 1.06. The number of amides is 2. The molecular formula is C25H24N6O2S. The number of imidazole rings is 1. The van der Waals surface area contributed by atoms with Crippen molar-refractivity contribution in [1.82, 2.24) is 29.7 Å². The van der Waals surface area contributed by atoms with Gasteiger partial charge in [0.15, 0.2) is 5.01 Å². The summed E-state index contributed by atoms with van der Waals surface area (Å²) in [7, 11) is 0. The lowest BCUT2D eigenvalue weighted by molar-refractivity contribution is 0.00852. The maximum Gasteiger partial charge on any atom is 0.282 e. The molecule has 2 saturated heterocycles. The van der Waals surface area contributed by atoms with Gasteiger partial charge in [0.25, 0.3) is 11.8 Å². The second-order valence-corrected chi connectivity index (χ2v) is 9.61. The zero-order valence-electron chi connectivity index (χ0n) is 18.6. The van der Waals surface area contributed by atoms with Crippen LogP contribution in [-0.4, -0.2) is 86.8 Å². The summed E-state index contributed by atoms with van der Waals surface area (Å²) in [6.45, 7) is 4.47. The van der Waals surface area contributed by atoms with Crippen molar-refractivity contribution in [3.63, 3.8) is 0 Å². The van der Waals surface area contributed by atoms with Crippen molar-refractivity contribution in [2.45, 2.75) is 6.04 Å². The molecule has 34 heavy (non-hydrogen) atoms. The molecule has 2 aliphatic heterocycles. The van der Waals surface area contributed by atoms with Crippen LogP contribution in [0.25, 0.3) is 22.4 Å². The summed E-state index contributed by atoms with van der Waals surface area (Å²) in [5.41, 5.74) is 3.41. The summed E-state index contributed by atoms with van der Waals surface area (Å²) in [6, 6.07) is 16.0. The number of fused-ring (bicyclic) bond motifs is 1. The third-order valence-electron chi connectivity index (χ3n) is 6.66. The van der Waals surface area contributed by atoms with Crippen LogP contribution in [0.4, 0.5) is 0 Å². The number of benzene rings is 2. The van der Waals surface area contributed by atoms with Crippen LogP contribution < -0.4 is 0 Å². The third-order valence-corrected chi connectivity index (χ3v) is 7.42. The fraction of sp³-hybridized carbons (Fsp3) is 0.280. The van der Waals surface area contributed by atoms with E-state index in [1.54, 1.807) is 6.20 Å². The molecule has 0 aliphatic carbocycles. The quantitative estimate of drug-likeness (QED) is 0.494. The minimum absolute atomic E-state index is 0.0182. The molecule has 9 heteroatoms. The second kappa shape index (κ2) is 8.66. The Bertz CT molecular complexity index is 1320. The van der Waals surface area contributed by atoms with Gasteiger partial charge >= 0.3 is 0 Å². The van der Waals surface area contributed by atoms with Gasteiger partial charge in [-0.25, -0.2) is 9.97 Å². The van der Waals surface area contributed by atoms with E-state index < -0.39 is 0 Å². The highest BCUT2D eigenvalue weighted by Crippen LogP contribution is 2.23. The van der Waals surface area contributed by atoms with Crippen LogP contribution in [0.3, 0.4) is 0 Å². The molecule has 0 saturated carbocycles. The second-order valence-electron chi connectivity index (χ2n) is 8.71. The van der Waals surface area contributed by atoms with Crippen molar-refractivity contribution in [3.8, 4) is 11.4 Å². The van der Waals surface area contributed by atoms with Gasteiger partial charge in [-0.05, 0) is 18.2 Å². The van der Waals surface area contributed by atoms with Gasteiger partial charge in [0.05, 0.1) is 11.0 Å². The highest BCUT2D eigenvalue weighted by atomic mass is 32.1. The molecule has 0 spiro atoms. The molecule has 2 fully saturated rings. The zero-order chi connectivity index (χ0) is 23.1. The minimum atomic E-state index is 0.0182. The predicted molar refractivity (Wildman–Crippen MR) is 131 cm³/mol. The molecule has 0 bridgehead atoms. The molecule has 4 aromatic rings. The SMILES string of the molecule is O=C(c1ccc2nc(-c3ccccc3)[nH]c2c1)N1CCN(C2CN(C(=O)c3nccs3)C2)CC1. The number of H-pyrrole nitrogens is 1. The Morgan fingerprint density at radius 2 is 1.74 bits per heavy atom. The number of likely N-dealkylation sites (tertiary alicyclic amines) is 1. The highest BCUT2D eigenvalue weighted by molar-refractivity contribution is 7.11. The summed E-state index contributed by atoms with van der Waals surface area (Å²) in [6.07, 6.45) is 1.66. The summed E-state index contributed by atoms with van der Waals surface area (Å²) in [5.74, 6) is 0.868. The van der Waals surface area contributed by atoms with Crippen molar-refractivity contribution < 1.29 is 9.59 Å². The molecule has 2 aliphatic rings. The van der Waals surface area contributed by atoms with E-state index in [1.807, 2.05) is 63.7 Å². The van der Waals surface area contributed by atoms with Crippen molar-refractivity contribution in [1.29, 1.82) is 0 Å². The molecule has 1 N–H and O–H groups in total. The van der Waals surface area contributed by atoms with E-state index in [1.165, 1.54) is 11.3 Å². The number of hydrogen-bond acceptors (Lipinski definition) is 6. The van der Waals surface area contributed by atoms with Gasteiger partial charge < -0.3 is 14.8 Å². The standard InChI is InChI=1S/C25H24N6O2S/c32-24(18-6-7-20-21(14-18)28-22(27-20)17-4-2-1-3-5-17)30-11-9-29(10-12-30)19-15-31(16-19)25(33)23-26-8-13-34-23/h1-8,13-14,19H,9-12,15-16H2,(H,27,28). The maximum atomic E-state index is 13.2. The number of aromatic amines is 1. The molecule has 8 nitrogen and oxygen atoms in total. The molecule has 172 valence electrons. The van der Waals surface area contributed by atoms with E-state index in [4.69, 9.17) is 0 Å². The molecule has 0 atom stereocenters. The summed E-state index contributed by atoms with van der Waals surface area (Å²) in [4.78, 5) is 43.8. The third kappa shape index (κ3) is 3.86. The Morgan fingerprint density at radius 1 is 0.941 bits per heavy atom. The van der Waals surface area contributed by atoms with Crippen LogP contribution in [0, 0.1) is 0 Å². The topological polar surface area (TPSA) is 85.4 Å². The fourth-order valence-corrected chi connectivity index (χ4v) is 5.27. The number of hydrogen-bond donors (Lipinski definition) is 1. The van der Waals surface area contributed by atoms with Gasteiger partial charge in [-0.2, -0.15) is 0 Å². The molecule has 6 rings (SSSR count). The van der Waals surface area contributed by atoms with Crippen LogP contribution >= 0.6 is 11.3 Å². The number of carbonyl (C=O) groups is 2. The van der Waals surface area contributed by atoms with Crippen LogP contribution in [0.15, 0.2) is 60.1 Å². The Morgan fingerprint density at radius 3 is 2.47 bits per heavy atom. The van der Waals surface area contributed by atoms with E-state index in [9.17, 15) is 9.59 Å². The van der Waals surface area contributed by atoms with Crippen molar-refractivity contribution in [2.75, 3.05) is 39.3 Å². The number of piperazine rings is 1. The first-order valence-electron chi connectivity index (χ1n) is 11.4. The Hall–Kier alpha value is -3.56. The number of thiazole rings is 1. The molecule has 2 amide bonds. The highest BCUT2D eigenvalue weighted by Gasteiger charge is 2.37. The molecule has 0 radical (unpaired) electrons. The Kier molecular flexibility index (Phi) is 5.35. The first-order valence-corrected chi connectivity index (χ1v) is 12.3. The maximum absolute atomic E-state index is 13.2. The van der Waals surface area contributed by atoms with Crippen molar-refractivity contribution in [3.05, 3.63) is 70.7 Å². The lowest BCUT2D eigenvalue weighted by Gasteiger charge is -2.47. The minimum Gasteiger partial charge on any atom is -0.338 e. The van der Waals surface area contributed by atoms with Crippen LogP contribution in [0.1, 0.15) is 20.2 Å².